The Hall–Kier alpha value is -1.78. The van der Waals surface area contributed by atoms with Gasteiger partial charge in [-0.05, 0) is 72.8 Å². The van der Waals surface area contributed by atoms with Crippen molar-refractivity contribution in [3.8, 4) is 0 Å². The number of benzene rings is 2. The standard InChI is InChI=1S/C27H37BrN2O4SSi/c1-19-13-20(2)25-22(14-19)16-23(26(31)29-25)17-30(11-12-34-36(6,7)27(3,4)5)35(32,33)18-21-9-8-10-24(28)15-21/h8-10,13-16H,11-12,17-18H2,1-7H3,(H,29,31). The third-order valence-electron chi connectivity index (χ3n) is 6.96. The van der Waals surface area contributed by atoms with Crippen LogP contribution in [0.3, 0.4) is 0 Å². The summed E-state index contributed by atoms with van der Waals surface area (Å²) < 4.78 is 35.7. The normalized spacial score (nSPS) is 13.0. The number of aromatic amines is 1. The van der Waals surface area contributed by atoms with E-state index in [0.717, 1.165) is 26.5 Å². The molecule has 0 spiro atoms. The van der Waals surface area contributed by atoms with E-state index < -0.39 is 18.3 Å². The molecule has 1 heterocycles. The van der Waals surface area contributed by atoms with E-state index in [1.54, 1.807) is 12.1 Å². The van der Waals surface area contributed by atoms with Gasteiger partial charge >= 0.3 is 0 Å². The third-order valence-corrected chi connectivity index (χ3v) is 13.8. The molecule has 0 fully saturated rings. The first kappa shape index (κ1) is 28.8. The SMILES string of the molecule is Cc1cc(C)c2[nH]c(=O)c(CN(CCO[Si](C)(C)C(C)(C)C)S(=O)(=O)Cc3cccc(Br)c3)cc2c1. The second kappa shape index (κ2) is 10.9. The topological polar surface area (TPSA) is 79.5 Å². The van der Waals surface area contributed by atoms with Gasteiger partial charge < -0.3 is 9.41 Å². The molecule has 0 aliphatic carbocycles. The summed E-state index contributed by atoms with van der Waals surface area (Å²) in [4.78, 5) is 16.0. The van der Waals surface area contributed by atoms with Crippen molar-refractivity contribution in [2.45, 2.75) is 65.0 Å². The Labute approximate surface area is 224 Å². The molecule has 0 aliphatic heterocycles. The van der Waals surface area contributed by atoms with Gasteiger partial charge in [-0.2, -0.15) is 4.31 Å². The smallest absolute Gasteiger partial charge is 0.252 e. The Kier molecular flexibility index (Phi) is 8.72. The summed E-state index contributed by atoms with van der Waals surface area (Å²) in [5.41, 5.74) is 3.66. The van der Waals surface area contributed by atoms with Crippen LogP contribution in [0.15, 0.2) is 51.7 Å². The first-order valence-electron chi connectivity index (χ1n) is 12.1. The van der Waals surface area contributed by atoms with Crippen LogP contribution in [-0.2, 0) is 26.7 Å². The van der Waals surface area contributed by atoms with E-state index >= 15 is 0 Å². The van der Waals surface area contributed by atoms with Crippen LogP contribution in [-0.4, -0.2) is 39.2 Å². The molecule has 0 aliphatic rings. The van der Waals surface area contributed by atoms with Gasteiger partial charge in [-0.25, -0.2) is 8.42 Å². The minimum absolute atomic E-state index is 0.0121. The highest BCUT2D eigenvalue weighted by Crippen LogP contribution is 2.36. The minimum Gasteiger partial charge on any atom is -0.415 e. The first-order chi connectivity index (χ1) is 16.6. The molecule has 0 bridgehead atoms. The maximum atomic E-state index is 13.6. The molecule has 0 atom stereocenters. The summed E-state index contributed by atoms with van der Waals surface area (Å²) in [7, 11) is -5.79. The van der Waals surface area contributed by atoms with E-state index in [9.17, 15) is 13.2 Å². The predicted molar refractivity (Wildman–Crippen MR) is 154 cm³/mol. The van der Waals surface area contributed by atoms with Crippen LogP contribution in [0.2, 0.25) is 18.1 Å². The van der Waals surface area contributed by atoms with E-state index in [1.165, 1.54) is 4.31 Å². The number of pyridine rings is 1. The molecule has 0 saturated carbocycles. The Morgan fingerprint density at radius 3 is 2.42 bits per heavy atom. The van der Waals surface area contributed by atoms with Crippen LogP contribution >= 0.6 is 15.9 Å². The Morgan fingerprint density at radius 2 is 1.78 bits per heavy atom. The van der Waals surface area contributed by atoms with Crippen molar-refractivity contribution < 1.29 is 12.8 Å². The molecule has 0 radical (unpaired) electrons. The molecule has 2 aromatic carbocycles. The number of halogens is 1. The number of rotatable bonds is 9. The van der Waals surface area contributed by atoms with Crippen LogP contribution in [0.25, 0.3) is 10.9 Å². The summed E-state index contributed by atoms with van der Waals surface area (Å²) in [5, 5.41) is 0.905. The molecule has 3 aromatic rings. The molecule has 9 heteroatoms. The van der Waals surface area contributed by atoms with Gasteiger partial charge in [0.1, 0.15) is 0 Å². The van der Waals surface area contributed by atoms with Crippen molar-refractivity contribution in [1.82, 2.24) is 9.29 Å². The highest BCUT2D eigenvalue weighted by Gasteiger charge is 2.37. The summed E-state index contributed by atoms with van der Waals surface area (Å²) >= 11 is 3.42. The Balaban J connectivity index is 1.95. The number of H-pyrrole nitrogens is 1. The van der Waals surface area contributed by atoms with Gasteiger partial charge in [-0.1, -0.05) is 60.5 Å². The van der Waals surface area contributed by atoms with Gasteiger partial charge in [0.2, 0.25) is 10.0 Å². The van der Waals surface area contributed by atoms with E-state index in [-0.39, 0.29) is 36.0 Å². The number of nitrogens with one attached hydrogen (secondary N) is 1. The summed E-state index contributed by atoms with van der Waals surface area (Å²) in [6.07, 6.45) is 0. The summed E-state index contributed by atoms with van der Waals surface area (Å²) in [6, 6.07) is 13.1. The number of hydrogen-bond acceptors (Lipinski definition) is 4. The zero-order valence-corrected chi connectivity index (χ0v) is 25.6. The molecule has 6 nitrogen and oxygen atoms in total. The molecule has 0 saturated heterocycles. The molecule has 3 rings (SSSR count). The number of nitrogens with zero attached hydrogens (tertiary/aromatic N) is 1. The average Bonchev–Trinajstić information content (AvgIpc) is 2.72. The van der Waals surface area contributed by atoms with E-state index in [1.807, 2.05) is 44.2 Å². The van der Waals surface area contributed by atoms with Crippen molar-refractivity contribution in [1.29, 1.82) is 0 Å². The molecule has 36 heavy (non-hydrogen) atoms. The van der Waals surface area contributed by atoms with Gasteiger partial charge in [0.25, 0.3) is 5.56 Å². The molecular formula is C27H37BrN2O4SSi. The van der Waals surface area contributed by atoms with Crippen LogP contribution < -0.4 is 5.56 Å². The fourth-order valence-electron chi connectivity index (χ4n) is 3.90. The summed E-state index contributed by atoms with van der Waals surface area (Å²) in [5.74, 6) is -0.157. The van der Waals surface area contributed by atoms with Crippen molar-refractivity contribution >= 4 is 45.2 Å². The molecular weight excluding hydrogens is 556 g/mol. The molecule has 0 amide bonds. The largest absolute Gasteiger partial charge is 0.415 e. The molecule has 196 valence electrons. The molecule has 0 unspecified atom stereocenters. The molecule has 1 N–H and O–H groups in total. The van der Waals surface area contributed by atoms with Gasteiger partial charge in [0.15, 0.2) is 8.32 Å². The number of sulfonamides is 1. The van der Waals surface area contributed by atoms with E-state index in [4.69, 9.17) is 4.43 Å². The van der Waals surface area contributed by atoms with E-state index in [2.05, 4.69) is 54.8 Å². The zero-order valence-electron chi connectivity index (χ0n) is 22.2. The highest BCUT2D eigenvalue weighted by atomic mass is 79.9. The van der Waals surface area contributed by atoms with Gasteiger partial charge in [-0.3, -0.25) is 4.79 Å². The van der Waals surface area contributed by atoms with Gasteiger partial charge in [0.05, 0.1) is 11.3 Å². The number of hydrogen-bond donors (Lipinski definition) is 1. The number of aromatic nitrogens is 1. The maximum absolute atomic E-state index is 13.6. The summed E-state index contributed by atoms with van der Waals surface area (Å²) in [6.45, 7) is 15.1. The number of aryl methyl sites for hydroxylation is 2. The Bertz CT molecular complexity index is 1410. The average molecular weight is 594 g/mol. The highest BCUT2D eigenvalue weighted by molar-refractivity contribution is 9.10. The fraction of sp³-hybridized carbons (Fsp3) is 0.444. The van der Waals surface area contributed by atoms with Crippen molar-refractivity contribution in [3.05, 3.63) is 79.5 Å². The first-order valence-corrected chi connectivity index (χ1v) is 17.4. The van der Waals surface area contributed by atoms with Crippen LogP contribution in [0.1, 0.15) is 43.0 Å². The van der Waals surface area contributed by atoms with Crippen LogP contribution in [0.4, 0.5) is 0 Å². The quantitative estimate of drug-likeness (QED) is 0.297. The van der Waals surface area contributed by atoms with Gasteiger partial charge in [0, 0.05) is 29.7 Å². The number of fused-ring (bicyclic) bond motifs is 1. The van der Waals surface area contributed by atoms with Gasteiger partial charge in [-0.15, -0.1) is 0 Å². The monoisotopic (exact) mass is 592 g/mol. The van der Waals surface area contributed by atoms with E-state index in [0.29, 0.717) is 11.1 Å². The third kappa shape index (κ3) is 6.95. The molecule has 1 aromatic heterocycles. The lowest BCUT2D eigenvalue weighted by molar-refractivity contribution is 0.249. The second-order valence-corrected chi connectivity index (χ2v) is 18.7. The van der Waals surface area contributed by atoms with Crippen molar-refractivity contribution in [2.24, 2.45) is 0 Å². The second-order valence-electron chi connectivity index (χ2n) is 11.0. The Morgan fingerprint density at radius 1 is 1.08 bits per heavy atom. The fourth-order valence-corrected chi connectivity index (χ4v) is 6.86. The lowest BCUT2D eigenvalue weighted by Gasteiger charge is -2.36. The lowest BCUT2D eigenvalue weighted by Crippen LogP contribution is -2.43. The zero-order chi connectivity index (χ0) is 26.9. The van der Waals surface area contributed by atoms with Crippen LogP contribution in [0.5, 0.6) is 0 Å². The lowest BCUT2D eigenvalue weighted by atomic mass is 10.1. The predicted octanol–water partition coefficient (Wildman–Crippen LogP) is 6.26. The minimum atomic E-state index is -3.73. The van der Waals surface area contributed by atoms with Crippen LogP contribution in [0, 0.1) is 13.8 Å². The van der Waals surface area contributed by atoms with Crippen molar-refractivity contribution in [3.63, 3.8) is 0 Å². The maximum Gasteiger partial charge on any atom is 0.252 e. The van der Waals surface area contributed by atoms with Crippen molar-refractivity contribution in [2.75, 3.05) is 13.2 Å².